The monoisotopic (exact) mass is 326 g/mol. The van der Waals surface area contributed by atoms with Gasteiger partial charge in [0.2, 0.25) is 0 Å². The average molecular weight is 326 g/mol. The van der Waals surface area contributed by atoms with Gasteiger partial charge in [-0.1, -0.05) is 13.8 Å². The summed E-state index contributed by atoms with van der Waals surface area (Å²) in [4.78, 5) is 13.9. The zero-order valence-corrected chi connectivity index (χ0v) is 15.0. The summed E-state index contributed by atoms with van der Waals surface area (Å²) in [6.45, 7) is 8.25. The third-order valence-corrected chi connectivity index (χ3v) is 4.48. The highest BCUT2D eigenvalue weighted by Crippen LogP contribution is 2.25. The molecule has 0 saturated carbocycles. The molecule has 0 N–H and O–H groups in total. The maximum absolute atomic E-state index is 4.74. The van der Waals surface area contributed by atoms with Crippen molar-refractivity contribution in [2.24, 2.45) is 0 Å². The predicted molar refractivity (Wildman–Crippen MR) is 96.5 cm³/mol. The highest BCUT2D eigenvalue weighted by atomic mass is 15.3. The van der Waals surface area contributed by atoms with Crippen LogP contribution in [0.25, 0.3) is 0 Å². The fourth-order valence-corrected chi connectivity index (χ4v) is 3.21. The molecule has 6 heteroatoms. The Morgan fingerprint density at radius 2 is 2.17 bits per heavy atom. The molecule has 0 radical (unpaired) electrons. The van der Waals surface area contributed by atoms with Crippen LogP contribution < -0.4 is 9.80 Å². The van der Waals surface area contributed by atoms with Crippen LogP contribution in [-0.4, -0.2) is 46.3 Å². The lowest BCUT2D eigenvalue weighted by Gasteiger charge is -2.30. The normalized spacial score (nSPS) is 17.5. The van der Waals surface area contributed by atoms with E-state index in [4.69, 9.17) is 4.98 Å². The summed E-state index contributed by atoms with van der Waals surface area (Å²) in [6, 6.07) is 6.48. The first-order chi connectivity index (χ1) is 11.5. The minimum atomic E-state index is 0.333. The minimum absolute atomic E-state index is 0.333. The molecule has 128 valence electrons. The van der Waals surface area contributed by atoms with Gasteiger partial charge in [0.05, 0.1) is 0 Å². The number of hydrogen-bond donors (Lipinski definition) is 0. The molecule has 1 unspecified atom stereocenters. The second kappa shape index (κ2) is 7.11. The smallest absolute Gasteiger partial charge is 0.151 e. The molecule has 24 heavy (non-hydrogen) atoms. The van der Waals surface area contributed by atoms with Crippen molar-refractivity contribution in [3.63, 3.8) is 0 Å². The largest absolute Gasteiger partial charge is 0.357 e. The van der Waals surface area contributed by atoms with Gasteiger partial charge in [0.1, 0.15) is 11.6 Å². The third-order valence-electron chi connectivity index (χ3n) is 4.48. The molecular weight excluding hydrogens is 300 g/mol. The summed E-state index contributed by atoms with van der Waals surface area (Å²) < 4.78 is 0. The van der Waals surface area contributed by atoms with Crippen molar-refractivity contribution in [3.8, 4) is 0 Å². The molecule has 0 bridgehead atoms. The Balaban J connectivity index is 1.75. The van der Waals surface area contributed by atoms with Gasteiger partial charge in [-0.25, -0.2) is 9.97 Å². The molecule has 2 aromatic heterocycles. The molecule has 1 atom stereocenters. The SMILES string of the molecule is Cc1cc(N(C)CC2CCCN2c2cccnn2)nc(C(C)C)n1. The summed E-state index contributed by atoms with van der Waals surface area (Å²) in [5, 5.41) is 8.29. The number of anilines is 2. The van der Waals surface area contributed by atoms with Gasteiger partial charge in [-0.2, -0.15) is 5.10 Å². The van der Waals surface area contributed by atoms with Gasteiger partial charge in [-0.15, -0.1) is 5.10 Å². The Labute approximate surface area is 143 Å². The number of rotatable bonds is 5. The third kappa shape index (κ3) is 3.63. The zero-order valence-electron chi connectivity index (χ0n) is 15.0. The fourth-order valence-electron chi connectivity index (χ4n) is 3.21. The van der Waals surface area contributed by atoms with Crippen LogP contribution in [-0.2, 0) is 0 Å². The lowest BCUT2D eigenvalue weighted by molar-refractivity contribution is 0.640. The number of hydrogen-bond acceptors (Lipinski definition) is 6. The average Bonchev–Trinajstić information content (AvgIpc) is 3.03. The van der Waals surface area contributed by atoms with E-state index in [-0.39, 0.29) is 0 Å². The maximum atomic E-state index is 4.74. The Morgan fingerprint density at radius 1 is 1.33 bits per heavy atom. The first-order valence-corrected chi connectivity index (χ1v) is 8.65. The van der Waals surface area contributed by atoms with Crippen LogP contribution in [0.15, 0.2) is 24.4 Å². The summed E-state index contributed by atoms with van der Waals surface area (Å²) in [5.74, 6) is 3.21. The first-order valence-electron chi connectivity index (χ1n) is 8.65. The Kier molecular flexibility index (Phi) is 4.92. The molecule has 0 aromatic carbocycles. The molecule has 0 spiro atoms. The summed E-state index contributed by atoms with van der Waals surface area (Å²) >= 11 is 0. The molecule has 6 nitrogen and oxygen atoms in total. The van der Waals surface area contributed by atoms with Gasteiger partial charge >= 0.3 is 0 Å². The fraction of sp³-hybridized carbons (Fsp3) is 0.556. The maximum Gasteiger partial charge on any atom is 0.151 e. The van der Waals surface area contributed by atoms with E-state index in [9.17, 15) is 0 Å². The second-order valence-electron chi connectivity index (χ2n) is 6.83. The van der Waals surface area contributed by atoms with E-state index in [1.807, 2.05) is 19.1 Å². The Bertz CT molecular complexity index is 672. The highest BCUT2D eigenvalue weighted by Gasteiger charge is 2.27. The zero-order chi connectivity index (χ0) is 17.1. The van der Waals surface area contributed by atoms with Crippen LogP contribution in [0.3, 0.4) is 0 Å². The van der Waals surface area contributed by atoms with E-state index in [1.54, 1.807) is 6.20 Å². The van der Waals surface area contributed by atoms with Crippen molar-refractivity contribution in [2.45, 2.75) is 45.6 Å². The van der Waals surface area contributed by atoms with Crippen molar-refractivity contribution in [1.29, 1.82) is 0 Å². The van der Waals surface area contributed by atoms with Gasteiger partial charge < -0.3 is 9.80 Å². The molecule has 1 fully saturated rings. The van der Waals surface area contributed by atoms with E-state index >= 15 is 0 Å². The molecule has 1 aliphatic rings. The van der Waals surface area contributed by atoms with Crippen LogP contribution in [0, 0.1) is 6.92 Å². The second-order valence-corrected chi connectivity index (χ2v) is 6.83. The van der Waals surface area contributed by atoms with Gasteiger partial charge in [0.25, 0.3) is 0 Å². The van der Waals surface area contributed by atoms with Crippen LogP contribution >= 0.6 is 0 Å². The van der Waals surface area contributed by atoms with Crippen LogP contribution in [0.5, 0.6) is 0 Å². The lowest BCUT2D eigenvalue weighted by Crippen LogP contribution is -2.39. The Hall–Kier alpha value is -2.24. The van der Waals surface area contributed by atoms with Crippen molar-refractivity contribution >= 4 is 11.6 Å². The number of aryl methyl sites for hydroxylation is 1. The van der Waals surface area contributed by atoms with Crippen molar-refractivity contribution in [2.75, 3.05) is 29.9 Å². The van der Waals surface area contributed by atoms with E-state index in [2.05, 4.69) is 51.9 Å². The summed E-state index contributed by atoms with van der Waals surface area (Å²) in [6.07, 6.45) is 4.08. The summed E-state index contributed by atoms with van der Waals surface area (Å²) in [5.41, 5.74) is 1.02. The van der Waals surface area contributed by atoms with Gasteiger partial charge in [-0.05, 0) is 31.9 Å². The van der Waals surface area contributed by atoms with Crippen LogP contribution in [0.2, 0.25) is 0 Å². The molecule has 0 aliphatic carbocycles. The Morgan fingerprint density at radius 3 is 2.88 bits per heavy atom. The van der Waals surface area contributed by atoms with Gasteiger partial charge in [0, 0.05) is 50.1 Å². The van der Waals surface area contributed by atoms with E-state index in [0.29, 0.717) is 12.0 Å². The molecule has 1 saturated heterocycles. The minimum Gasteiger partial charge on any atom is -0.357 e. The molecule has 3 rings (SSSR count). The van der Waals surface area contributed by atoms with Crippen LogP contribution in [0.4, 0.5) is 11.6 Å². The van der Waals surface area contributed by atoms with Gasteiger partial charge in [-0.3, -0.25) is 0 Å². The molecule has 0 amide bonds. The van der Waals surface area contributed by atoms with Crippen molar-refractivity contribution in [3.05, 3.63) is 35.9 Å². The van der Waals surface area contributed by atoms with Crippen molar-refractivity contribution < 1.29 is 0 Å². The summed E-state index contributed by atoms with van der Waals surface area (Å²) in [7, 11) is 2.11. The molecule has 3 heterocycles. The molecule has 2 aromatic rings. The van der Waals surface area contributed by atoms with Crippen LogP contribution in [0.1, 0.15) is 44.1 Å². The van der Waals surface area contributed by atoms with Gasteiger partial charge in [0.15, 0.2) is 5.82 Å². The highest BCUT2D eigenvalue weighted by molar-refractivity contribution is 5.43. The van der Waals surface area contributed by atoms with E-state index < -0.39 is 0 Å². The van der Waals surface area contributed by atoms with E-state index in [0.717, 1.165) is 36.2 Å². The number of likely N-dealkylation sites (N-methyl/N-ethyl adjacent to an activating group) is 1. The quantitative estimate of drug-likeness (QED) is 0.842. The molecular formula is C18H26N6. The van der Waals surface area contributed by atoms with E-state index in [1.165, 1.54) is 12.8 Å². The standard InChI is InChI=1S/C18H26N6/c1-13(2)18-20-14(3)11-17(21-18)23(4)12-15-7-6-10-24(15)16-8-5-9-19-22-16/h5,8-9,11,13,15H,6-7,10,12H2,1-4H3. The first kappa shape index (κ1) is 16.6. The molecule has 1 aliphatic heterocycles. The topological polar surface area (TPSA) is 58.0 Å². The predicted octanol–water partition coefficient (Wildman–Crippen LogP) is 2.80. The van der Waals surface area contributed by atoms with Crippen molar-refractivity contribution in [1.82, 2.24) is 20.2 Å². The lowest BCUT2D eigenvalue weighted by atomic mass is 10.2. The number of aromatic nitrogens is 4. The number of nitrogens with zero attached hydrogens (tertiary/aromatic N) is 6.